The molecule has 0 aliphatic rings. The molecule has 0 spiro atoms. The fraction of sp³-hybridized carbons (Fsp3) is 0.235. The minimum absolute atomic E-state index is 0.173. The lowest BCUT2D eigenvalue weighted by Gasteiger charge is -2.13. The van der Waals surface area contributed by atoms with E-state index in [4.69, 9.17) is 9.47 Å². The topological polar surface area (TPSA) is 47.6 Å². The molecule has 5 heteroatoms. The van der Waals surface area contributed by atoms with Gasteiger partial charge in [0.05, 0.1) is 18.9 Å². The number of hydrogen-bond donors (Lipinski definition) is 1. The van der Waals surface area contributed by atoms with Gasteiger partial charge in [-0.1, -0.05) is 6.07 Å². The van der Waals surface area contributed by atoms with Crippen molar-refractivity contribution >= 4 is 34.2 Å². The smallest absolute Gasteiger partial charge is 0.255 e. The fourth-order valence-electron chi connectivity index (χ4n) is 1.97. The standard InChI is InChI=1S/C17H18INO3/c1-3-21-14-8-9-16(22-4-2)15(11-14)19-17(20)12-6-5-7-13(18)10-12/h5-11H,3-4H2,1-2H3,(H,19,20). The zero-order chi connectivity index (χ0) is 15.9. The van der Waals surface area contributed by atoms with E-state index in [0.29, 0.717) is 36.0 Å². The first-order chi connectivity index (χ1) is 10.6. The number of rotatable bonds is 6. The Labute approximate surface area is 144 Å². The molecule has 1 amide bonds. The van der Waals surface area contributed by atoms with Crippen molar-refractivity contribution in [1.29, 1.82) is 0 Å². The molecule has 116 valence electrons. The molecule has 2 aromatic carbocycles. The lowest BCUT2D eigenvalue weighted by molar-refractivity contribution is 0.102. The van der Waals surface area contributed by atoms with E-state index < -0.39 is 0 Å². The summed E-state index contributed by atoms with van der Waals surface area (Å²) in [5, 5.41) is 2.89. The first kappa shape index (κ1) is 16.6. The van der Waals surface area contributed by atoms with Gasteiger partial charge in [0.1, 0.15) is 11.5 Å². The molecular weight excluding hydrogens is 393 g/mol. The molecule has 0 saturated carbocycles. The van der Waals surface area contributed by atoms with Crippen LogP contribution >= 0.6 is 22.6 Å². The molecule has 0 heterocycles. The third-order valence-corrected chi connectivity index (χ3v) is 3.57. The highest BCUT2D eigenvalue weighted by molar-refractivity contribution is 14.1. The maximum Gasteiger partial charge on any atom is 0.255 e. The first-order valence-electron chi connectivity index (χ1n) is 7.10. The van der Waals surface area contributed by atoms with Gasteiger partial charge >= 0.3 is 0 Å². The van der Waals surface area contributed by atoms with E-state index in [1.807, 2.05) is 38.1 Å². The summed E-state index contributed by atoms with van der Waals surface area (Å²) < 4.78 is 12.0. The Morgan fingerprint density at radius 3 is 2.55 bits per heavy atom. The molecule has 1 N–H and O–H groups in total. The summed E-state index contributed by atoms with van der Waals surface area (Å²) in [6.07, 6.45) is 0. The van der Waals surface area contributed by atoms with E-state index in [2.05, 4.69) is 27.9 Å². The second-order valence-corrected chi connectivity index (χ2v) is 5.73. The second kappa shape index (κ2) is 8.03. The van der Waals surface area contributed by atoms with Crippen LogP contribution in [0.15, 0.2) is 42.5 Å². The highest BCUT2D eigenvalue weighted by Crippen LogP contribution is 2.30. The zero-order valence-electron chi connectivity index (χ0n) is 12.6. The minimum atomic E-state index is -0.173. The van der Waals surface area contributed by atoms with Crippen molar-refractivity contribution in [2.75, 3.05) is 18.5 Å². The number of ether oxygens (including phenoxy) is 2. The van der Waals surface area contributed by atoms with Crippen LogP contribution in [-0.2, 0) is 0 Å². The van der Waals surface area contributed by atoms with Crippen LogP contribution in [0.5, 0.6) is 11.5 Å². The Bertz CT molecular complexity index is 658. The van der Waals surface area contributed by atoms with Crippen molar-refractivity contribution in [1.82, 2.24) is 0 Å². The lowest BCUT2D eigenvalue weighted by Crippen LogP contribution is -2.13. The van der Waals surface area contributed by atoms with E-state index in [-0.39, 0.29) is 5.91 Å². The Hall–Kier alpha value is -1.76. The summed E-state index contributed by atoms with van der Waals surface area (Å²) in [6, 6.07) is 12.8. The molecule has 0 aromatic heterocycles. The van der Waals surface area contributed by atoms with Crippen molar-refractivity contribution in [3.05, 3.63) is 51.6 Å². The molecule has 0 unspecified atom stereocenters. The third kappa shape index (κ3) is 4.37. The Kier molecular flexibility index (Phi) is 6.06. The van der Waals surface area contributed by atoms with Gasteiger partial charge < -0.3 is 14.8 Å². The summed E-state index contributed by atoms with van der Waals surface area (Å²) in [7, 11) is 0. The Morgan fingerprint density at radius 2 is 1.86 bits per heavy atom. The summed E-state index contributed by atoms with van der Waals surface area (Å²) in [5.41, 5.74) is 1.22. The Morgan fingerprint density at radius 1 is 1.09 bits per heavy atom. The number of hydrogen-bond acceptors (Lipinski definition) is 3. The molecule has 0 bridgehead atoms. The molecule has 0 fully saturated rings. The van der Waals surface area contributed by atoms with E-state index in [1.165, 1.54) is 0 Å². The monoisotopic (exact) mass is 411 g/mol. The molecular formula is C17H18INO3. The molecule has 4 nitrogen and oxygen atoms in total. The minimum Gasteiger partial charge on any atom is -0.494 e. The van der Waals surface area contributed by atoms with Gasteiger partial charge in [-0.3, -0.25) is 4.79 Å². The van der Waals surface area contributed by atoms with E-state index in [9.17, 15) is 4.79 Å². The molecule has 22 heavy (non-hydrogen) atoms. The van der Waals surface area contributed by atoms with Crippen molar-refractivity contribution < 1.29 is 14.3 Å². The largest absolute Gasteiger partial charge is 0.494 e. The van der Waals surface area contributed by atoms with Gasteiger partial charge in [0.25, 0.3) is 5.91 Å². The molecule has 2 aromatic rings. The van der Waals surface area contributed by atoms with Crippen LogP contribution in [0.2, 0.25) is 0 Å². The maximum atomic E-state index is 12.4. The van der Waals surface area contributed by atoms with Crippen molar-refractivity contribution in [3.63, 3.8) is 0 Å². The van der Waals surface area contributed by atoms with Gasteiger partial charge in [0.15, 0.2) is 0 Å². The average molecular weight is 411 g/mol. The van der Waals surface area contributed by atoms with Crippen LogP contribution in [0.4, 0.5) is 5.69 Å². The van der Waals surface area contributed by atoms with Gasteiger partial charge in [-0.05, 0) is 66.8 Å². The van der Waals surface area contributed by atoms with Crippen molar-refractivity contribution in [2.24, 2.45) is 0 Å². The van der Waals surface area contributed by atoms with Gasteiger partial charge in [0, 0.05) is 15.2 Å². The predicted octanol–water partition coefficient (Wildman–Crippen LogP) is 4.34. The third-order valence-electron chi connectivity index (χ3n) is 2.90. The highest BCUT2D eigenvalue weighted by atomic mass is 127. The number of nitrogens with one attached hydrogen (secondary N) is 1. The van der Waals surface area contributed by atoms with Crippen LogP contribution < -0.4 is 14.8 Å². The fourth-order valence-corrected chi connectivity index (χ4v) is 2.51. The van der Waals surface area contributed by atoms with Gasteiger partial charge in [-0.15, -0.1) is 0 Å². The van der Waals surface area contributed by atoms with Crippen LogP contribution in [0.3, 0.4) is 0 Å². The molecule has 0 aliphatic carbocycles. The van der Waals surface area contributed by atoms with Crippen LogP contribution in [0.25, 0.3) is 0 Å². The van der Waals surface area contributed by atoms with E-state index in [0.717, 1.165) is 3.57 Å². The SMILES string of the molecule is CCOc1ccc(OCC)c(NC(=O)c2cccc(I)c2)c1. The van der Waals surface area contributed by atoms with E-state index in [1.54, 1.807) is 18.2 Å². The second-order valence-electron chi connectivity index (χ2n) is 4.49. The van der Waals surface area contributed by atoms with Gasteiger partial charge in [-0.2, -0.15) is 0 Å². The van der Waals surface area contributed by atoms with Gasteiger partial charge in [0.2, 0.25) is 0 Å². The number of amides is 1. The summed E-state index contributed by atoms with van der Waals surface area (Å²) in [4.78, 5) is 12.4. The van der Waals surface area contributed by atoms with Gasteiger partial charge in [-0.25, -0.2) is 0 Å². The maximum absolute atomic E-state index is 12.4. The number of carbonyl (C=O) groups is 1. The normalized spacial score (nSPS) is 10.1. The molecule has 0 radical (unpaired) electrons. The number of benzene rings is 2. The molecule has 0 aliphatic heterocycles. The van der Waals surface area contributed by atoms with Crippen LogP contribution in [0, 0.1) is 3.57 Å². The number of anilines is 1. The summed E-state index contributed by atoms with van der Waals surface area (Å²) in [5.74, 6) is 1.15. The summed E-state index contributed by atoms with van der Waals surface area (Å²) >= 11 is 2.18. The molecule has 0 saturated heterocycles. The zero-order valence-corrected chi connectivity index (χ0v) is 14.7. The van der Waals surface area contributed by atoms with Crippen LogP contribution in [0.1, 0.15) is 24.2 Å². The Balaban J connectivity index is 2.25. The molecule has 2 rings (SSSR count). The first-order valence-corrected chi connectivity index (χ1v) is 8.18. The number of halogens is 1. The molecule has 0 atom stereocenters. The summed E-state index contributed by atoms with van der Waals surface area (Å²) in [6.45, 7) is 4.92. The average Bonchev–Trinajstić information content (AvgIpc) is 2.50. The van der Waals surface area contributed by atoms with Crippen LogP contribution in [-0.4, -0.2) is 19.1 Å². The lowest BCUT2D eigenvalue weighted by atomic mass is 10.2. The van der Waals surface area contributed by atoms with Crippen molar-refractivity contribution in [3.8, 4) is 11.5 Å². The van der Waals surface area contributed by atoms with Crippen molar-refractivity contribution in [2.45, 2.75) is 13.8 Å². The number of carbonyl (C=O) groups excluding carboxylic acids is 1. The predicted molar refractivity (Wildman–Crippen MR) is 95.9 cm³/mol. The van der Waals surface area contributed by atoms with E-state index >= 15 is 0 Å². The highest BCUT2D eigenvalue weighted by Gasteiger charge is 2.11. The quantitative estimate of drug-likeness (QED) is 0.720.